The Hall–Kier alpha value is -1.68. The first-order valence-corrected chi connectivity index (χ1v) is 6.16. The molecule has 1 aliphatic carbocycles. The minimum atomic E-state index is -0.0937. The molecular formula is C14H15FN2O. The van der Waals surface area contributed by atoms with Gasteiger partial charge in [0, 0.05) is 6.04 Å². The first-order chi connectivity index (χ1) is 8.74. The Balaban J connectivity index is 1.71. The van der Waals surface area contributed by atoms with E-state index in [1.54, 1.807) is 12.3 Å². The Morgan fingerprint density at radius 3 is 3.17 bits per heavy atom. The molecule has 0 bridgehead atoms. The molecule has 3 rings (SSSR count). The summed E-state index contributed by atoms with van der Waals surface area (Å²) in [5, 5.41) is 3.37. The highest BCUT2D eigenvalue weighted by Gasteiger charge is 2.24. The van der Waals surface area contributed by atoms with Crippen molar-refractivity contribution in [2.45, 2.75) is 32.4 Å². The Kier molecular flexibility index (Phi) is 2.88. The largest absolute Gasteiger partial charge is 0.445 e. The van der Waals surface area contributed by atoms with Crippen LogP contribution in [0.2, 0.25) is 0 Å². The molecule has 1 aromatic carbocycles. The van der Waals surface area contributed by atoms with E-state index >= 15 is 0 Å². The number of hydrogen-bond acceptors (Lipinski definition) is 3. The van der Waals surface area contributed by atoms with Gasteiger partial charge in [-0.3, -0.25) is 0 Å². The van der Waals surface area contributed by atoms with Crippen LogP contribution < -0.4 is 5.32 Å². The highest BCUT2D eigenvalue weighted by molar-refractivity contribution is 5.35. The second kappa shape index (κ2) is 4.53. The molecule has 0 saturated heterocycles. The van der Waals surface area contributed by atoms with Crippen LogP contribution in [0.15, 0.2) is 28.8 Å². The third-order valence-electron chi connectivity index (χ3n) is 3.38. The average molecular weight is 246 g/mol. The number of nitrogens with zero attached hydrogens (tertiary/aromatic N) is 1. The van der Waals surface area contributed by atoms with Crippen molar-refractivity contribution >= 4 is 0 Å². The summed E-state index contributed by atoms with van der Waals surface area (Å²) in [7, 11) is 0. The van der Waals surface area contributed by atoms with Gasteiger partial charge in [0.25, 0.3) is 0 Å². The van der Waals surface area contributed by atoms with Crippen LogP contribution in [-0.4, -0.2) is 4.98 Å². The number of aryl methyl sites for hydroxylation is 1. The summed E-state index contributed by atoms with van der Waals surface area (Å²) in [6.45, 7) is 2.45. The summed E-state index contributed by atoms with van der Waals surface area (Å²) < 4.78 is 19.0. The molecule has 1 heterocycles. The van der Waals surface area contributed by atoms with Crippen molar-refractivity contribution in [3.8, 4) is 0 Å². The SMILES string of the molecule is Cc1cnc(CNC2CCc3c(F)cccc32)o1. The zero-order valence-electron chi connectivity index (χ0n) is 10.2. The smallest absolute Gasteiger partial charge is 0.208 e. The highest BCUT2D eigenvalue weighted by atomic mass is 19.1. The van der Waals surface area contributed by atoms with Crippen molar-refractivity contribution in [3.05, 3.63) is 53.0 Å². The van der Waals surface area contributed by atoms with E-state index in [-0.39, 0.29) is 11.9 Å². The maximum absolute atomic E-state index is 13.6. The molecule has 2 aromatic rings. The van der Waals surface area contributed by atoms with Crippen molar-refractivity contribution in [3.63, 3.8) is 0 Å². The number of oxazole rings is 1. The lowest BCUT2D eigenvalue weighted by molar-refractivity contribution is 0.423. The maximum atomic E-state index is 13.6. The van der Waals surface area contributed by atoms with E-state index in [0.717, 1.165) is 29.7 Å². The van der Waals surface area contributed by atoms with Crippen molar-refractivity contribution in [1.29, 1.82) is 0 Å². The number of benzene rings is 1. The highest BCUT2D eigenvalue weighted by Crippen LogP contribution is 2.32. The molecule has 0 amide bonds. The quantitative estimate of drug-likeness (QED) is 0.905. The summed E-state index contributed by atoms with van der Waals surface area (Å²) >= 11 is 0. The Labute approximate surface area is 105 Å². The fourth-order valence-corrected chi connectivity index (χ4v) is 2.52. The van der Waals surface area contributed by atoms with E-state index in [0.29, 0.717) is 12.4 Å². The standard InChI is InChI=1S/C14H15FN2O/c1-9-7-17-14(18-9)8-16-13-6-5-10-11(13)3-2-4-12(10)15/h2-4,7,13,16H,5-6,8H2,1H3. The average Bonchev–Trinajstić information content (AvgIpc) is 2.94. The van der Waals surface area contributed by atoms with Gasteiger partial charge in [-0.1, -0.05) is 12.1 Å². The lowest BCUT2D eigenvalue weighted by Gasteiger charge is -2.12. The van der Waals surface area contributed by atoms with Gasteiger partial charge in [-0.15, -0.1) is 0 Å². The summed E-state index contributed by atoms with van der Waals surface area (Å²) in [6, 6.07) is 5.48. The Morgan fingerprint density at radius 1 is 1.50 bits per heavy atom. The van der Waals surface area contributed by atoms with Gasteiger partial charge in [-0.2, -0.15) is 0 Å². The first kappa shape index (κ1) is 11.4. The lowest BCUT2D eigenvalue weighted by Crippen LogP contribution is -2.18. The molecule has 0 spiro atoms. The minimum Gasteiger partial charge on any atom is -0.445 e. The van der Waals surface area contributed by atoms with Gasteiger partial charge < -0.3 is 9.73 Å². The van der Waals surface area contributed by atoms with Crippen molar-refractivity contribution < 1.29 is 8.81 Å². The molecule has 1 unspecified atom stereocenters. The van der Waals surface area contributed by atoms with E-state index in [9.17, 15) is 4.39 Å². The Morgan fingerprint density at radius 2 is 2.39 bits per heavy atom. The number of halogens is 1. The van der Waals surface area contributed by atoms with E-state index in [1.165, 1.54) is 6.07 Å². The molecule has 1 N–H and O–H groups in total. The third-order valence-corrected chi connectivity index (χ3v) is 3.38. The normalized spacial score (nSPS) is 18.0. The molecule has 1 atom stereocenters. The molecule has 4 heteroatoms. The second-order valence-electron chi connectivity index (χ2n) is 4.64. The number of hydrogen-bond donors (Lipinski definition) is 1. The predicted octanol–water partition coefficient (Wildman–Crippen LogP) is 2.90. The molecule has 0 saturated carbocycles. The van der Waals surface area contributed by atoms with Gasteiger partial charge in [0.1, 0.15) is 11.6 Å². The molecule has 3 nitrogen and oxygen atoms in total. The topological polar surface area (TPSA) is 38.1 Å². The van der Waals surface area contributed by atoms with Crippen LogP contribution in [0.4, 0.5) is 4.39 Å². The zero-order valence-corrected chi connectivity index (χ0v) is 10.2. The monoisotopic (exact) mass is 246 g/mol. The van der Waals surface area contributed by atoms with Crippen LogP contribution in [0.1, 0.15) is 35.2 Å². The van der Waals surface area contributed by atoms with Crippen molar-refractivity contribution in [1.82, 2.24) is 10.3 Å². The maximum Gasteiger partial charge on any atom is 0.208 e. The molecule has 18 heavy (non-hydrogen) atoms. The third kappa shape index (κ3) is 2.04. The van der Waals surface area contributed by atoms with Gasteiger partial charge in [0.05, 0.1) is 12.7 Å². The summed E-state index contributed by atoms with van der Waals surface area (Å²) in [5.41, 5.74) is 1.91. The van der Waals surface area contributed by atoms with Crippen LogP contribution in [0.3, 0.4) is 0 Å². The zero-order chi connectivity index (χ0) is 12.5. The second-order valence-corrected chi connectivity index (χ2v) is 4.64. The number of nitrogens with one attached hydrogen (secondary N) is 1. The summed E-state index contributed by atoms with van der Waals surface area (Å²) in [5.74, 6) is 1.39. The van der Waals surface area contributed by atoms with Gasteiger partial charge in [-0.05, 0) is 37.0 Å². The molecule has 0 aliphatic heterocycles. The van der Waals surface area contributed by atoms with E-state index in [1.807, 2.05) is 13.0 Å². The molecule has 94 valence electrons. The molecular weight excluding hydrogens is 231 g/mol. The van der Waals surface area contributed by atoms with Crippen molar-refractivity contribution in [2.75, 3.05) is 0 Å². The van der Waals surface area contributed by atoms with Gasteiger partial charge in [0.15, 0.2) is 0 Å². The van der Waals surface area contributed by atoms with E-state index < -0.39 is 0 Å². The molecule has 0 radical (unpaired) electrons. The van der Waals surface area contributed by atoms with Crippen LogP contribution in [0.25, 0.3) is 0 Å². The van der Waals surface area contributed by atoms with Crippen molar-refractivity contribution in [2.24, 2.45) is 0 Å². The summed E-state index contributed by atoms with van der Waals surface area (Å²) in [6.07, 6.45) is 3.43. The van der Waals surface area contributed by atoms with E-state index in [2.05, 4.69) is 10.3 Å². The predicted molar refractivity (Wildman–Crippen MR) is 65.5 cm³/mol. The van der Waals surface area contributed by atoms with Crippen LogP contribution in [-0.2, 0) is 13.0 Å². The fourth-order valence-electron chi connectivity index (χ4n) is 2.52. The van der Waals surface area contributed by atoms with E-state index in [4.69, 9.17) is 4.42 Å². The molecule has 1 aliphatic rings. The number of aromatic nitrogens is 1. The van der Waals surface area contributed by atoms with Gasteiger partial charge in [0.2, 0.25) is 5.89 Å². The van der Waals surface area contributed by atoms with Crippen LogP contribution in [0.5, 0.6) is 0 Å². The fraction of sp³-hybridized carbons (Fsp3) is 0.357. The molecule has 0 fully saturated rings. The lowest BCUT2D eigenvalue weighted by atomic mass is 10.1. The summed E-state index contributed by atoms with van der Waals surface area (Å²) in [4.78, 5) is 4.15. The van der Waals surface area contributed by atoms with Crippen LogP contribution >= 0.6 is 0 Å². The first-order valence-electron chi connectivity index (χ1n) is 6.16. The van der Waals surface area contributed by atoms with Gasteiger partial charge in [-0.25, -0.2) is 9.37 Å². The Bertz CT molecular complexity index is 565. The number of rotatable bonds is 3. The molecule has 1 aromatic heterocycles. The number of fused-ring (bicyclic) bond motifs is 1. The van der Waals surface area contributed by atoms with Gasteiger partial charge >= 0.3 is 0 Å². The minimum absolute atomic E-state index is 0.0937. The van der Waals surface area contributed by atoms with Crippen LogP contribution in [0, 0.1) is 12.7 Å².